The average Bonchev–Trinajstić information content (AvgIpc) is 2.87. The molecule has 0 aromatic rings. The van der Waals surface area contributed by atoms with E-state index in [4.69, 9.17) is 9.84 Å². The zero-order valence-corrected chi connectivity index (χ0v) is 11.1. The molecule has 3 unspecified atom stereocenters. The minimum atomic E-state index is -0.979. The maximum Gasteiger partial charge on any atom is 0.332 e. The van der Waals surface area contributed by atoms with E-state index >= 15 is 0 Å². The predicted octanol–water partition coefficient (Wildman–Crippen LogP) is 1.02. The van der Waals surface area contributed by atoms with Gasteiger partial charge >= 0.3 is 5.97 Å². The van der Waals surface area contributed by atoms with E-state index in [1.165, 1.54) is 18.6 Å². The topological polar surface area (TPSA) is 75.6 Å². The van der Waals surface area contributed by atoms with Gasteiger partial charge in [0.05, 0.1) is 0 Å². The normalized spacial score (nSPS) is 32.1. The first-order valence-electron chi connectivity index (χ1n) is 6.44. The van der Waals surface area contributed by atoms with E-state index in [1.54, 1.807) is 0 Å². The lowest BCUT2D eigenvalue weighted by molar-refractivity contribution is -0.151. The molecule has 5 nitrogen and oxygen atoms in total. The van der Waals surface area contributed by atoms with Crippen LogP contribution >= 0.6 is 11.8 Å². The number of rotatable bonds is 4. The van der Waals surface area contributed by atoms with Gasteiger partial charge in [-0.1, -0.05) is 6.42 Å². The fraction of sp³-hybridized carbons (Fsp3) is 0.833. The highest BCUT2D eigenvalue weighted by Crippen LogP contribution is 2.24. The van der Waals surface area contributed by atoms with E-state index in [-0.39, 0.29) is 5.91 Å². The Labute approximate surface area is 111 Å². The first-order chi connectivity index (χ1) is 8.66. The molecule has 1 amide bonds. The average molecular weight is 273 g/mol. The molecule has 0 bridgehead atoms. The van der Waals surface area contributed by atoms with E-state index in [2.05, 4.69) is 5.32 Å². The van der Waals surface area contributed by atoms with Gasteiger partial charge in [0.1, 0.15) is 6.10 Å². The molecule has 0 saturated carbocycles. The summed E-state index contributed by atoms with van der Waals surface area (Å²) in [5.74, 6) is 0.0275. The molecule has 0 aromatic carbocycles. The summed E-state index contributed by atoms with van der Waals surface area (Å²) in [6.45, 7) is 0.668. The third-order valence-corrected chi connectivity index (χ3v) is 4.76. The van der Waals surface area contributed by atoms with Crippen LogP contribution in [0, 0.1) is 0 Å². The van der Waals surface area contributed by atoms with Crippen LogP contribution in [0.1, 0.15) is 32.1 Å². The third-order valence-electron chi connectivity index (χ3n) is 3.37. The number of carboxylic acids is 1. The van der Waals surface area contributed by atoms with Crippen LogP contribution in [0.25, 0.3) is 0 Å². The van der Waals surface area contributed by atoms with Crippen LogP contribution in [-0.2, 0) is 14.3 Å². The van der Waals surface area contributed by atoms with Crippen LogP contribution in [0.15, 0.2) is 0 Å². The molecular formula is C12H19NO4S. The highest BCUT2D eigenvalue weighted by molar-refractivity contribution is 7.99. The lowest BCUT2D eigenvalue weighted by Gasteiger charge is -2.22. The Balaban J connectivity index is 1.70. The number of amides is 1. The minimum Gasteiger partial charge on any atom is -0.479 e. The lowest BCUT2D eigenvalue weighted by Crippen LogP contribution is -2.39. The highest BCUT2D eigenvalue weighted by atomic mass is 32.2. The van der Waals surface area contributed by atoms with Crippen LogP contribution in [0.3, 0.4) is 0 Å². The van der Waals surface area contributed by atoms with Gasteiger partial charge in [0.15, 0.2) is 6.10 Å². The van der Waals surface area contributed by atoms with Crippen LogP contribution in [0.4, 0.5) is 0 Å². The SMILES string of the molecule is O=C(O)C1CCC(C(=O)NCC2CCCCS2)O1. The second-order valence-electron chi connectivity index (χ2n) is 4.76. The molecule has 2 aliphatic heterocycles. The number of thioether (sulfide) groups is 1. The molecule has 2 heterocycles. The Morgan fingerprint density at radius 3 is 2.61 bits per heavy atom. The monoisotopic (exact) mass is 273 g/mol. The maximum absolute atomic E-state index is 11.8. The lowest BCUT2D eigenvalue weighted by atomic mass is 10.1. The molecule has 18 heavy (non-hydrogen) atoms. The van der Waals surface area contributed by atoms with Crippen molar-refractivity contribution in [1.29, 1.82) is 0 Å². The minimum absolute atomic E-state index is 0.162. The van der Waals surface area contributed by atoms with Crippen LogP contribution < -0.4 is 5.32 Å². The molecule has 6 heteroatoms. The van der Waals surface area contributed by atoms with Gasteiger partial charge in [0.25, 0.3) is 0 Å². The quantitative estimate of drug-likeness (QED) is 0.800. The summed E-state index contributed by atoms with van der Waals surface area (Å²) in [6.07, 6.45) is 3.17. The highest BCUT2D eigenvalue weighted by Gasteiger charge is 2.34. The summed E-state index contributed by atoms with van der Waals surface area (Å²) in [7, 11) is 0. The molecule has 0 radical (unpaired) electrons. The van der Waals surface area contributed by atoms with Crippen molar-refractivity contribution < 1.29 is 19.4 Å². The van der Waals surface area contributed by atoms with Crippen LogP contribution in [0.2, 0.25) is 0 Å². The summed E-state index contributed by atoms with van der Waals surface area (Å²) < 4.78 is 5.21. The van der Waals surface area contributed by atoms with Crippen LogP contribution in [0.5, 0.6) is 0 Å². The van der Waals surface area contributed by atoms with Crippen molar-refractivity contribution in [1.82, 2.24) is 5.32 Å². The van der Waals surface area contributed by atoms with E-state index < -0.39 is 18.2 Å². The smallest absolute Gasteiger partial charge is 0.332 e. The second kappa shape index (κ2) is 6.43. The van der Waals surface area contributed by atoms with Gasteiger partial charge in [-0.25, -0.2) is 4.79 Å². The molecule has 2 aliphatic rings. The Kier molecular flexibility index (Phi) is 4.88. The van der Waals surface area contributed by atoms with Crippen molar-refractivity contribution in [3.05, 3.63) is 0 Å². The number of carbonyl (C=O) groups is 2. The van der Waals surface area contributed by atoms with Gasteiger partial charge in [-0.05, 0) is 31.4 Å². The molecule has 2 fully saturated rings. The Morgan fingerprint density at radius 2 is 2.00 bits per heavy atom. The molecule has 2 rings (SSSR count). The Hall–Kier alpha value is -0.750. The molecule has 3 atom stereocenters. The number of ether oxygens (including phenoxy) is 1. The van der Waals surface area contributed by atoms with Gasteiger partial charge in [-0.15, -0.1) is 0 Å². The van der Waals surface area contributed by atoms with Crippen molar-refractivity contribution >= 4 is 23.6 Å². The van der Waals surface area contributed by atoms with Crippen molar-refractivity contribution in [3.8, 4) is 0 Å². The first-order valence-corrected chi connectivity index (χ1v) is 7.49. The summed E-state index contributed by atoms with van der Waals surface area (Å²) in [5.41, 5.74) is 0. The molecule has 2 N–H and O–H groups in total. The fourth-order valence-electron chi connectivity index (χ4n) is 2.31. The number of carbonyl (C=O) groups excluding carboxylic acids is 1. The number of aliphatic carboxylic acids is 1. The van der Waals surface area contributed by atoms with E-state index in [1.807, 2.05) is 11.8 Å². The standard InChI is InChI=1S/C12H19NO4S/c14-11(9-4-5-10(17-9)12(15)16)13-7-8-3-1-2-6-18-8/h8-10H,1-7H2,(H,13,14)(H,15,16). The molecule has 0 aliphatic carbocycles. The number of carboxylic acid groups (broad SMARTS) is 1. The molecular weight excluding hydrogens is 254 g/mol. The largest absolute Gasteiger partial charge is 0.479 e. The van der Waals surface area contributed by atoms with E-state index in [0.717, 1.165) is 6.42 Å². The van der Waals surface area contributed by atoms with Crippen LogP contribution in [-0.4, -0.2) is 46.7 Å². The summed E-state index contributed by atoms with van der Waals surface area (Å²) >= 11 is 1.90. The van der Waals surface area contributed by atoms with Crippen molar-refractivity contribution in [2.75, 3.05) is 12.3 Å². The van der Waals surface area contributed by atoms with Gasteiger partial charge in [-0.2, -0.15) is 11.8 Å². The second-order valence-corrected chi connectivity index (χ2v) is 6.17. The molecule has 0 aromatic heterocycles. The van der Waals surface area contributed by atoms with E-state index in [0.29, 0.717) is 24.6 Å². The summed E-state index contributed by atoms with van der Waals surface area (Å²) in [6, 6.07) is 0. The molecule has 2 saturated heterocycles. The summed E-state index contributed by atoms with van der Waals surface area (Å²) in [4.78, 5) is 22.5. The zero-order chi connectivity index (χ0) is 13.0. The molecule has 0 spiro atoms. The van der Waals surface area contributed by atoms with Crippen molar-refractivity contribution in [3.63, 3.8) is 0 Å². The van der Waals surface area contributed by atoms with Gasteiger partial charge < -0.3 is 15.2 Å². The van der Waals surface area contributed by atoms with E-state index in [9.17, 15) is 9.59 Å². The zero-order valence-electron chi connectivity index (χ0n) is 10.3. The van der Waals surface area contributed by atoms with Gasteiger partial charge in [0, 0.05) is 11.8 Å². The fourth-order valence-corrected chi connectivity index (χ4v) is 3.55. The number of hydrogen-bond donors (Lipinski definition) is 2. The maximum atomic E-state index is 11.8. The molecule has 102 valence electrons. The van der Waals surface area contributed by atoms with Crippen molar-refractivity contribution in [2.24, 2.45) is 0 Å². The third kappa shape index (κ3) is 3.62. The first kappa shape index (κ1) is 13.7. The number of hydrogen-bond acceptors (Lipinski definition) is 4. The Bertz CT molecular complexity index is 317. The number of nitrogens with one attached hydrogen (secondary N) is 1. The predicted molar refractivity (Wildman–Crippen MR) is 68.6 cm³/mol. The van der Waals surface area contributed by atoms with Gasteiger partial charge in [0.2, 0.25) is 5.91 Å². The summed E-state index contributed by atoms with van der Waals surface area (Å²) in [5, 5.41) is 12.2. The van der Waals surface area contributed by atoms with Crippen molar-refractivity contribution in [2.45, 2.75) is 49.6 Å². The Morgan fingerprint density at radius 1 is 1.22 bits per heavy atom. The van der Waals surface area contributed by atoms with Gasteiger partial charge in [-0.3, -0.25) is 4.79 Å².